The average molecular weight is 488 g/mol. The number of aromatic nitrogens is 2. The summed E-state index contributed by atoms with van der Waals surface area (Å²) < 4.78 is 16.5. The van der Waals surface area contributed by atoms with Gasteiger partial charge >= 0.3 is 0 Å². The number of Topliss-reactive ketones (excluding diaryl/α,β-unsaturated/α-hetero) is 1. The minimum atomic E-state index is -0.564. The van der Waals surface area contributed by atoms with Gasteiger partial charge in [0.1, 0.15) is 11.6 Å². The lowest BCUT2D eigenvalue weighted by Gasteiger charge is -2.44. The summed E-state index contributed by atoms with van der Waals surface area (Å²) in [5, 5.41) is 0. The number of rotatable bonds is 3. The average Bonchev–Trinajstić information content (AvgIpc) is 3.32. The summed E-state index contributed by atoms with van der Waals surface area (Å²) in [7, 11) is 0. The van der Waals surface area contributed by atoms with Crippen LogP contribution in [-0.4, -0.2) is 15.3 Å². The number of nitrogens with zero attached hydrogens (tertiary/aromatic N) is 3. The highest BCUT2D eigenvalue weighted by atomic mass is 19.1. The number of allylic oxidation sites excluding steroid dienone is 2. The van der Waals surface area contributed by atoms with Crippen LogP contribution in [0.1, 0.15) is 31.7 Å². The molecule has 0 radical (unpaired) electrons. The van der Waals surface area contributed by atoms with E-state index in [-0.39, 0.29) is 29.1 Å². The monoisotopic (exact) mass is 487 g/mol. The Bertz CT molecular complexity index is 1610. The summed E-state index contributed by atoms with van der Waals surface area (Å²) in [6, 6.07) is 25.0. The molecule has 0 unspecified atom stereocenters. The van der Waals surface area contributed by atoms with Gasteiger partial charge in [-0.2, -0.15) is 0 Å². The highest BCUT2D eigenvalue weighted by molar-refractivity contribution is 6.00. The number of fused-ring (bicyclic) bond motifs is 3. The molecule has 6 rings (SSSR count). The van der Waals surface area contributed by atoms with Crippen molar-refractivity contribution < 1.29 is 9.18 Å². The van der Waals surface area contributed by atoms with E-state index in [0.717, 1.165) is 46.7 Å². The van der Waals surface area contributed by atoms with Crippen LogP contribution in [0.3, 0.4) is 0 Å². The number of ketones is 1. The number of hydrogen-bond acceptors (Lipinski definition) is 2. The fourth-order valence-corrected chi connectivity index (χ4v) is 6.24. The van der Waals surface area contributed by atoms with Crippen LogP contribution in [0, 0.1) is 24.2 Å². The van der Waals surface area contributed by atoms with Crippen molar-refractivity contribution in [2.45, 2.75) is 32.1 Å². The fourth-order valence-electron chi connectivity index (χ4n) is 6.24. The molecule has 3 aromatic carbocycles. The van der Waals surface area contributed by atoms with E-state index in [0.29, 0.717) is 5.69 Å². The topological polar surface area (TPSA) is 39.2 Å². The highest BCUT2D eigenvalue weighted by Gasteiger charge is 2.50. The molecule has 0 spiro atoms. The lowest BCUT2D eigenvalue weighted by molar-refractivity contribution is -0.121. The van der Waals surface area contributed by atoms with E-state index >= 15 is 0 Å². The molecule has 0 aliphatic heterocycles. The fraction of sp³-hybridized carbons (Fsp3) is 0.219. The molecule has 0 amide bonds. The van der Waals surface area contributed by atoms with Crippen LogP contribution in [0.25, 0.3) is 33.0 Å². The van der Waals surface area contributed by atoms with Crippen LogP contribution < -0.4 is 0 Å². The standard InChI is InChI=1S/C32H26FN3O/c1-20-26-15-16-28-30(32(26,2)19-27(34-3)29(20)37)35-31(36(28)25-14-8-13-24(33)18-25)23-12-7-11-22(17-23)21-9-5-4-6-10-21/h4-14,17-20,26H,15-16H2,1-2H3/t20-,26-,32-/m1/s1. The minimum absolute atomic E-state index is 0.0531. The molecule has 0 N–H and O–H groups in total. The molecule has 3 atom stereocenters. The van der Waals surface area contributed by atoms with Crippen molar-refractivity contribution in [3.05, 3.63) is 119 Å². The smallest absolute Gasteiger partial charge is 0.226 e. The van der Waals surface area contributed by atoms with E-state index in [2.05, 4.69) is 40.6 Å². The van der Waals surface area contributed by atoms with Gasteiger partial charge in [-0.1, -0.05) is 74.5 Å². The van der Waals surface area contributed by atoms with Gasteiger partial charge in [0, 0.05) is 22.6 Å². The molecule has 1 heterocycles. The minimum Gasteiger partial charge on any atom is -0.308 e. The van der Waals surface area contributed by atoms with E-state index in [1.54, 1.807) is 6.07 Å². The van der Waals surface area contributed by atoms with Crippen molar-refractivity contribution in [3.63, 3.8) is 0 Å². The number of halogens is 1. The van der Waals surface area contributed by atoms with Gasteiger partial charge in [0.05, 0.1) is 18.0 Å². The van der Waals surface area contributed by atoms with Crippen LogP contribution in [0.5, 0.6) is 0 Å². The molecule has 5 heteroatoms. The molecule has 0 saturated heterocycles. The molecule has 4 nitrogen and oxygen atoms in total. The van der Waals surface area contributed by atoms with Crippen molar-refractivity contribution >= 4 is 5.78 Å². The van der Waals surface area contributed by atoms with E-state index in [1.165, 1.54) is 12.1 Å². The third-order valence-electron chi connectivity index (χ3n) is 8.07. The SMILES string of the molecule is [C-]#[N+]C1=C[C@@]2(C)c3nc(-c4cccc(-c5ccccc5)c4)n(-c4cccc(F)c4)c3CC[C@@H]2[C@@H](C)C1=O. The van der Waals surface area contributed by atoms with Crippen molar-refractivity contribution in [1.29, 1.82) is 0 Å². The van der Waals surface area contributed by atoms with Gasteiger partial charge in [-0.05, 0) is 54.2 Å². The Hall–Kier alpha value is -4.30. The van der Waals surface area contributed by atoms with Crippen LogP contribution in [0.15, 0.2) is 90.6 Å². The Balaban J connectivity index is 1.61. The van der Waals surface area contributed by atoms with E-state index in [1.807, 2.05) is 49.4 Å². The zero-order chi connectivity index (χ0) is 25.7. The molecule has 0 saturated carbocycles. The first-order valence-corrected chi connectivity index (χ1v) is 12.6. The summed E-state index contributed by atoms with van der Waals surface area (Å²) >= 11 is 0. The largest absolute Gasteiger partial charge is 0.308 e. The number of carbonyl (C=O) groups excluding carboxylic acids is 1. The van der Waals surface area contributed by atoms with Crippen LogP contribution in [-0.2, 0) is 16.6 Å². The third kappa shape index (κ3) is 3.64. The number of benzene rings is 3. The summed E-state index contributed by atoms with van der Waals surface area (Å²) in [5.41, 5.74) is 5.31. The second-order valence-electron chi connectivity index (χ2n) is 10.2. The Labute approximate surface area is 215 Å². The quantitative estimate of drug-likeness (QED) is 0.287. The van der Waals surface area contributed by atoms with Crippen molar-refractivity contribution in [1.82, 2.24) is 9.55 Å². The lowest BCUT2D eigenvalue weighted by atomic mass is 9.59. The molecule has 2 aliphatic rings. The van der Waals surface area contributed by atoms with Gasteiger partial charge in [0.15, 0.2) is 5.78 Å². The van der Waals surface area contributed by atoms with Crippen LogP contribution in [0.4, 0.5) is 4.39 Å². The van der Waals surface area contributed by atoms with Crippen molar-refractivity contribution in [2.75, 3.05) is 0 Å². The van der Waals surface area contributed by atoms with Gasteiger partial charge in [0.2, 0.25) is 5.70 Å². The zero-order valence-corrected chi connectivity index (χ0v) is 20.8. The molecule has 4 aromatic rings. The second-order valence-corrected chi connectivity index (χ2v) is 10.2. The van der Waals surface area contributed by atoms with Gasteiger partial charge in [0.25, 0.3) is 0 Å². The van der Waals surface area contributed by atoms with Gasteiger partial charge in [-0.3, -0.25) is 4.57 Å². The second kappa shape index (κ2) is 8.67. The Morgan fingerprint density at radius 3 is 2.49 bits per heavy atom. The molecular weight excluding hydrogens is 461 g/mol. The summed E-state index contributed by atoms with van der Waals surface area (Å²) in [6.45, 7) is 11.6. The van der Waals surface area contributed by atoms with Crippen LogP contribution >= 0.6 is 0 Å². The highest BCUT2D eigenvalue weighted by Crippen LogP contribution is 2.51. The molecular formula is C32H26FN3O. The molecule has 0 fully saturated rings. The van der Waals surface area contributed by atoms with E-state index in [4.69, 9.17) is 11.6 Å². The number of imidazole rings is 1. The predicted octanol–water partition coefficient (Wildman–Crippen LogP) is 7.19. The Morgan fingerprint density at radius 2 is 1.73 bits per heavy atom. The molecule has 182 valence electrons. The Morgan fingerprint density at radius 1 is 1.00 bits per heavy atom. The van der Waals surface area contributed by atoms with Crippen LogP contribution in [0.2, 0.25) is 0 Å². The van der Waals surface area contributed by atoms with Gasteiger partial charge in [-0.15, -0.1) is 0 Å². The van der Waals surface area contributed by atoms with Gasteiger partial charge in [-0.25, -0.2) is 14.2 Å². The zero-order valence-electron chi connectivity index (χ0n) is 20.8. The lowest BCUT2D eigenvalue weighted by Crippen LogP contribution is -2.45. The van der Waals surface area contributed by atoms with Crippen molar-refractivity contribution in [2.24, 2.45) is 11.8 Å². The first-order chi connectivity index (χ1) is 17.9. The first kappa shape index (κ1) is 23.1. The van der Waals surface area contributed by atoms with E-state index < -0.39 is 5.41 Å². The Kier molecular flexibility index (Phi) is 5.42. The molecule has 37 heavy (non-hydrogen) atoms. The predicted molar refractivity (Wildman–Crippen MR) is 142 cm³/mol. The van der Waals surface area contributed by atoms with E-state index in [9.17, 15) is 9.18 Å². The summed E-state index contributed by atoms with van der Waals surface area (Å²) in [6.07, 6.45) is 3.34. The normalized spacial score (nSPS) is 22.5. The maximum Gasteiger partial charge on any atom is 0.226 e. The summed E-state index contributed by atoms with van der Waals surface area (Å²) in [5.74, 6) is 0.142. The van der Waals surface area contributed by atoms with Gasteiger partial charge < -0.3 is 4.79 Å². The van der Waals surface area contributed by atoms with Crippen molar-refractivity contribution in [3.8, 4) is 28.2 Å². The summed E-state index contributed by atoms with van der Waals surface area (Å²) in [4.78, 5) is 21.6. The molecule has 0 bridgehead atoms. The first-order valence-electron chi connectivity index (χ1n) is 12.6. The molecule has 2 aliphatic carbocycles. The number of carbonyl (C=O) groups is 1. The third-order valence-corrected chi connectivity index (χ3v) is 8.07. The maximum absolute atomic E-state index is 14.4. The molecule has 1 aromatic heterocycles. The number of hydrogen-bond donors (Lipinski definition) is 0. The maximum atomic E-state index is 14.4.